The molecule has 0 radical (unpaired) electrons. The Balaban J connectivity index is 0.000000343. The lowest BCUT2D eigenvalue weighted by Crippen LogP contribution is -2.16. The first-order chi connectivity index (χ1) is 14.3. The molecule has 2 aromatic carbocycles. The fourth-order valence-corrected chi connectivity index (χ4v) is 3.62. The third-order valence-electron chi connectivity index (χ3n) is 4.74. The number of aliphatic carboxylic acids is 2. The van der Waals surface area contributed by atoms with Gasteiger partial charge in [0.05, 0.1) is 23.6 Å². The number of benzene rings is 2. The summed E-state index contributed by atoms with van der Waals surface area (Å²) in [6.45, 7) is 4.15. The van der Waals surface area contributed by atoms with E-state index in [4.69, 9.17) is 33.4 Å². The summed E-state index contributed by atoms with van der Waals surface area (Å²) in [6.07, 6.45) is 1.46. The van der Waals surface area contributed by atoms with Crippen LogP contribution in [0, 0.1) is 0 Å². The minimum atomic E-state index is -1.08. The van der Waals surface area contributed by atoms with E-state index in [0.29, 0.717) is 0 Å². The van der Waals surface area contributed by atoms with Crippen molar-refractivity contribution in [1.82, 2.24) is 5.32 Å². The number of hydrogen-bond acceptors (Lipinski definition) is 4. The second kappa shape index (κ2) is 11.8. The van der Waals surface area contributed by atoms with Gasteiger partial charge in [0, 0.05) is 11.1 Å². The van der Waals surface area contributed by atoms with Gasteiger partial charge in [-0.25, -0.2) is 0 Å². The molecular weight excluding hydrogens is 427 g/mol. The van der Waals surface area contributed by atoms with Gasteiger partial charge < -0.3 is 20.8 Å². The highest BCUT2D eigenvalue weighted by Crippen LogP contribution is 2.33. The fraction of sp³-hybridized carbons (Fsp3) is 0.364. The zero-order chi connectivity index (χ0) is 22.1. The Bertz CT molecular complexity index is 875. The fourth-order valence-electron chi connectivity index (χ4n) is 3.19. The van der Waals surface area contributed by atoms with Crippen molar-refractivity contribution in [3.8, 4) is 0 Å². The van der Waals surface area contributed by atoms with Crippen LogP contribution >= 0.6 is 23.2 Å². The van der Waals surface area contributed by atoms with Gasteiger partial charge in [-0.2, -0.15) is 0 Å². The van der Waals surface area contributed by atoms with Crippen molar-refractivity contribution in [1.29, 1.82) is 0 Å². The summed E-state index contributed by atoms with van der Waals surface area (Å²) in [6, 6.07) is 12.3. The van der Waals surface area contributed by atoms with Crippen LogP contribution in [0.15, 0.2) is 36.4 Å². The third-order valence-corrected chi connectivity index (χ3v) is 5.29. The number of rotatable bonds is 6. The smallest absolute Gasteiger partial charge is 0.303 e. The summed E-state index contributed by atoms with van der Waals surface area (Å²) < 4.78 is 0. The van der Waals surface area contributed by atoms with Crippen molar-refractivity contribution in [2.45, 2.75) is 38.6 Å². The molecule has 0 bridgehead atoms. The Labute approximate surface area is 186 Å². The van der Waals surface area contributed by atoms with E-state index in [2.05, 4.69) is 29.7 Å². The van der Waals surface area contributed by atoms with E-state index in [1.54, 1.807) is 0 Å². The first-order valence-corrected chi connectivity index (χ1v) is 10.5. The van der Waals surface area contributed by atoms with Gasteiger partial charge in [-0.05, 0) is 67.7 Å². The molecule has 0 saturated carbocycles. The summed E-state index contributed by atoms with van der Waals surface area (Å²) in [4.78, 5) is 19.3. The lowest BCUT2D eigenvalue weighted by Gasteiger charge is -2.21. The first kappa shape index (κ1) is 24.0. The number of fused-ring (bicyclic) bond motifs is 1. The van der Waals surface area contributed by atoms with E-state index in [0.717, 1.165) is 47.2 Å². The summed E-state index contributed by atoms with van der Waals surface area (Å²) in [5, 5.41) is 24.4. The molecule has 2 aromatic rings. The number of hydrogen-bond donors (Lipinski definition) is 4. The highest BCUT2D eigenvalue weighted by molar-refractivity contribution is 6.33. The molecule has 0 aliphatic carbocycles. The van der Waals surface area contributed by atoms with Crippen molar-refractivity contribution in [2.24, 2.45) is 0 Å². The van der Waals surface area contributed by atoms with Crippen LogP contribution in [0.4, 0.5) is 5.69 Å². The van der Waals surface area contributed by atoms with Crippen molar-refractivity contribution in [3.63, 3.8) is 0 Å². The van der Waals surface area contributed by atoms with Crippen molar-refractivity contribution in [3.05, 3.63) is 63.1 Å². The van der Waals surface area contributed by atoms with E-state index in [9.17, 15) is 9.59 Å². The van der Waals surface area contributed by atoms with Gasteiger partial charge in [0.2, 0.25) is 0 Å². The summed E-state index contributed by atoms with van der Waals surface area (Å²) in [5.74, 6) is -2.15. The minimum absolute atomic E-state index is 0.152. The van der Waals surface area contributed by atoms with Crippen LogP contribution in [-0.4, -0.2) is 35.2 Å². The van der Waals surface area contributed by atoms with Crippen LogP contribution in [0.3, 0.4) is 0 Å². The summed E-state index contributed by atoms with van der Waals surface area (Å²) >= 11 is 12.6. The van der Waals surface area contributed by atoms with Crippen molar-refractivity contribution in [2.75, 3.05) is 18.4 Å². The molecule has 30 heavy (non-hydrogen) atoms. The van der Waals surface area contributed by atoms with E-state index in [-0.39, 0.29) is 18.9 Å². The number of halogens is 2. The third kappa shape index (κ3) is 7.52. The average molecular weight is 453 g/mol. The molecule has 0 amide bonds. The molecule has 1 aliphatic rings. The van der Waals surface area contributed by atoms with Crippen molar-refractivity contribution < 1.29 is 19.8 Å². The zero-order valence-corrected chi connectivity index (χ0v) is 18.3. The van der Waals surface area contributed by atoms with Crippen LogP contribution in [0.2, 0.25) is 10.0 Å². The first-order valence-electron chi connectivity index (χ1n) is 9.74. The molecule has 3 rings (SSSR count). The topological polar surface area (TPSA) is 98.7 Å². The largest absolute Gasteiger partial charge is 0.481 e. The predicted octanol–water partition coefficient (Wildman–Crippen LogP) is 4.79. The molecule has 8 heteroatoms. The Morgan fingerprint density at radius 3 is 2.37 bits per heavy atom. The molecule has 1 aliphatic heterocycles. The van der Waals surface area contributed by atoms with E-state index >= 15 is 0 Å². The standard InChI is InChI=1S/C18H20Cl2N2.C4H6O4/c1-12(14-3-2-4-15(19)11-14)22-18-16-8-10-21-9-7-13(16)5-6-17(18)20;5-3(6)1-2-4(7)8/h2-6,11-12,21-22H,7-10H2,1H3;1-2H2,(H,5,6)(H,7,8). The Morgan fingerprint density at radius 1 is 1.07 bits per heavy atom. The molecule has 4 N–H and O–H groups in total. The zero-order valence-electron chi connectivity index (χ0n) is 16.8. The molecule has 162 valence electrons. The maximum absolute atomic E-state index is 9.64. The number of anilines is 1. The maximum Gasteiger partial charge on any atom is 0.303 e. The molecular formula is C22H26Cl2N2O4. The Hall–Kier alpha value is -2.28. The van der Waals surface area contributed by atoms with Crippen LogP contribution in [0.5, 0.6) is 0 Å². The highest BCUT2D eigenvalue weighted by Gasteiger charge is 2.17. The molecule has 6 nitrogen and oxygen atoms in total. The molecule has 0 aromatic heterocycles. The van der Waals surface area contributed by atoms with Gasteiger partial charge in [0.25, 0.3) is 0 Å². The molecule has 0 fully saturated rings. The van der Waals surface area contributed by atoms with E-state index in [1.807, 2.05) is 24.3 Å². The molecule has 0 spiro atoms. The Kier molecular flexibility index (Phi) is 9.43. The number of nitrogens with one attached hydrogen (secondary N) is 2. The number of carbonyl (C=O) groups is 2. The molecule has 0 saturated heterocycles. The summed E-state index contributed by atoms with van der Waals surface area (Å²) in [5.41, 5.74) is 4.95. The Morgan fingerprint density at radius 2 is 1.73 bits per heavy atom. The second-order valence-corrected chi connectivity index (χ2v) is 7.86. The normalized spacial score (nSPS) is 13.8. The number of carboxylic acids is 2. The van der Waals surface area contributed by atoms with Gasteiger partial charge in [0.15, 0.2) is 0 Å². The van der Waals surface area contributed by atoms with Crippen LogP contribution < -0.4 is 10.6 Å². The van der Waals surface area contributed by atoms with Crippen LogP contribution in [0.25, 0.3) is 0 Å². The predicted molar refractivity (Wildman–Crippen MR) is 120 cm³/mol. The lowest BCUT2D eigenvalue weighted by molar-refractivity contribution is -0.143. The SMILES string of the molecule is CC(Nc1c(Cl)ccc2c1CCNCC2)c1cccc(Cl)c1.O=C(O)CCC(=O)O. The van der Waals surface area contributed by atoms with Gasteiger partial charge in [0.1, 0.15) is 0 Å². The summed E-state index contributed by atoms with van der Waals surface area (Å²) in [7, 11) is 0. The highest BCUT2D eigenvalue weighted by atomic mass is 35.5. The number of carboxylic acid groups (broad SMARTS) is 2. The lowest BCUT2D eigenvalue weighted by atomic mass is 9.99. The average Bonchev–Trinajstić information content (AvgIpc) is 2.94. The van der Waals surface area contributed by atoms with Gasteiger partial charge >= 0.3 is 11.9 Å². The maximum atomic E-state index is 9.64. The van der Waals surface area contributed by atoms with Gasteiger partial charge in [-0.3, -0.25) is 9.59 Å². The second-order valence-electron chi connectivity index (χ2n) is 7.02. The van der Waals surface area contributed by atoms with E-state index < -0.39 is 11.9 Å². The van der Waals surface area contributed by atoms with Crippen molar-refractivity contribution >= 4 is 40.8 Å². The van der Waals surface area contributed by atoms with E-state index in [1.165, 1.54) is 11.1 Å². The van der Waals surface area contributed by atoms with Gasteiger partial charge in [-0.15, -0.1) is 0 Å². The molecule has 1 unspecified atom stereocenters. The molecule has 1 heterocycles. The van der Waals surface area contributed by atoms with Crippen LogP contribution in [-0.2, 0) is 22.4 Å². The van der Waals surface area contributed by atoms with Gasteiger partial charge in [-0.1, -0.05) is 41.4 Å². The monoisotopic (exact) mass is 452 g/mol. The van der Waals surface area contributed by atoms with Crippen LogP contribution in [0.1, 0.15) is 42.5 Å². The minimum Gasteiger partial charge on any atom is -0.481 e. The quantitative estimate of drug-likeness (QED) is 0.502. The molecule has 1 atom stereocenters.